The summed E-state index contributed by atoms with van der Waals surface area (Å²) in [4.78, 5) is 15.0. The van der Waals surface area contributed by atoms with Gasteiger partial charge in [0.1, 0.15) is 11.3 Å². The summed E-state index contributed by atoms with van der Waals surface area (Å²) in [6.45, 7) is 1.66. The smallest absolute Gasteiger partial charge is 0.341 e. The highest BCUT2D eigenvalue weighted by atomic mass is 35.5. The first kappa shape index (κ1) is 12.4. The Labute approximate surface area is 107 Å². The van der Waals surface area contributed by atoms with Crippen LogP contribution >= 0.6 is 11.6 Å². The normalized spacial score (nSPS) is 10.3. The number of ether oxygens (including phenoxy) is 1. The van der Waals surface area contributed by atoms with Gasteiger partial charge < -0.3 is 14.4 Å². The first-order chi connectivity index (χ1) is 8.58. The third kappa shape index (κ3) is 2.60. The van der Waals surface area contributed by atoms with Gasteiger partial charge in [-0.1, -0.05) is 22.8 Å². The van der Waals surface area contributed by atoms with E-state index in [4.69, 9.17) is 26.0 Å². The van der Waals surface area contributed by atoms with Crippen LogP contribution < -0.4 is 4.74 Å². The summed E-state index contributed by atoms with van der Waals surface area (Å²) in [6.07, 6.45) is 0. The van der Waals surface area contributed by atoms with Gasteiger partial charge in [-0.15, -0.1) is 0 Å². The predicted octanol–water partition coefficient (Wildman–Crippen LogP) is 2.31. The van der Waals surface area contributed by atoms with Crippen LogP contribution in [-0.2, 0) is 6.61 Å². The van der Waals surface area contributed by atoms with Crippen molar-refractivity contribution in [2.24, 2.45) is 0 Å². The standard InChI is InChI=1S/C11H9ClN2O4/c1-6-13-9(14-18-6)5-17-8-4-2-3-7(12)10(8)11(15)16/h2-4H,5H2,1H3,(H,15,16). The predicted molar refractivity (Wildman–Crippen MR) is 61.8 cm³/mol. The lowest BCUT2D eigenvalue weighted by molar-refractivity contribution is 0.0692. The van der Waals surface area contributed by atoms with Crippen molar-refractivity contribution in [1.82, 2.24) is 10.1 Å². The van der Waals surface area contributed by atoms with E-state index in [0.717, 1.165) is 0 Å². The number of aromatic carboxylic acids is 1. The van der Waals surface area contributed by atoms with E-state index < -0.39 is 5.97 Å². The van der Waals surface area contributed by atoms with Gasteiger partial charge >= 0.3 is 5.97 Å². The first-order valence-electron chi connectivity index (χ1n) is 5.01. The first-order valence-corrected chi connectivity index (χ1v) is 5.39. The molecule has 0 radical (unpaired) electrons. The molecule has 0 spiro atoms. The number of aryl methyl sites for hydroxylation is 1. The molecule has 0 amide bonds. The highest BCUT2D eigenvalue weighted by Crippen LogP contribution is 2.26. The number of aromatic nitrogens is 2. The Balaban J connectivity index is 2.19. The van der Waals surface area contributed by atoms with E-state index in [2.05, 4.69) is 10.1 Å². The highest BCUT2D eigenvalue weighted by molar-refractivity contribution is 6.33. The van der Waals surface area contributed by atoms with Gasteiger partial charge in [-0.25, -0.2) is 4.79 Å². The van der Waals surface area contributed by atoms with E-state index in [1.165, 1.54) is 12.1 Å². The lowest BCUT2D eigenvalue weighted by Gasteiger charge is -2.08. The monoisotopic (exact) mass is 268 g/mol. The fourth-order valence-electron chi connectivity index (χ4n) is 1.37. The molecule has 2 aromatic rings. The Hall–Kier alpha value is -2.08. The van der Waals surface area contributed by atoms with Crippen LogP contribution in [0.3, 0.4) is 0 Å². The summed E-state index contributed by atoms with van der Waals surface area (Å²) in [7, 11) is 0. The molecule has 2 rings (SSSR count). The number of hydrogen-bond acceptors (Lipinski definition) is 5. The van der Waals surface area contributed by atoms with Crippen molar-refractivity contribution in [3.05, 3.63) is 40.5 Å². The van der Waals surface area contributed by atoms with Gasteiger partial charge in [0, 0.05) is 6.92 Å². The van der Waals surface area contributed by atoms with Crippen molar-refractivity contribution < 1.29 is 19.2 Å². The molecule has 0 fully saturated rings. The highest BCUT2D eigenvalue weighted by Gasteiger charge is 2.16. The molecule has 0 aliphatic rings. The molecule has 0 bridgehead atoms. The van der Waals surface area contributed by atoms with Gasteiger partial charge in [0.25, 0.3) is 0 Å². The number of carboxylic acids is 1. The van der Waals surface area contributed by atoms with Crippen LogP contribution in [0.15, 0.2) is 22.7 Å². The van der Waals surface area contributed by atoms with Gasteiger partial charge in [0.15, 0.2) is 6.61 Å². The maximum Gasteiger partial charge on any atom is 0.341 e. The second kappa shape index (κ2) is 5.05. The van der Waals surface area contributed by atoms with Crippen molar-refractivity contribution in [2.75, 3.05) is 0 Å². The number of benzene rings is 1. The molecular weight excluding hydrogens is 260 g/mol. The van der Waals surface area contributed by atoms with Gasteiger partial charge in [-0.3, -0.25) is 0 Å². The Kier molecular flexibility index (Phi) is 3.47. The van der Waals surface area contributed by atoms with Gasteiger partial charge in [0.05, 0.1) is 5.02 Å². The van der Waals surface area contributed by atoms with Crippen LogP contribution in [0.2, 0.25) is 5.02 Å². The van der Waals surface area contributed by atoms with E-state index in [9.17, 15) is 4.79 Å². The summed E-state index contributed by atoms with van der Waals surface area (Å²) in [5.41, 5.74) is -0.0839. The molecule has 6 nitrogen and oxygen atoms in total. The van der Waals surface area contributed by atoms with Crippen LogP contribution in [-0.4, -0.2) is 21.2 Å². The molecule has 0 unspecified atom stereocenters. The Morgan fingerprint density at radius 3 is 2.94 bits per heavy atom. The zero-order chi connectivity index (χ0) is 13.1. The average Bonchev–Trinajstić information content (AvgIpc) is 2.72. The number of nitrogens with zero attached hydrogens (tertiary/aromatic N) is 2. The maximum absolute atomic E-state index is 11.0. The number of carboxylic acid groups (broad SMARTS) is 1. The molecule has 0 atom stereocenters. The topological polar surface area (TPSA) is 85.5 Å². The zero-order valence-electron chi connectivity index (χ0n) is 9.38. The van der Waals surface area contributed by atoms with Crippen molar-refractivity contribution in [2.45, 2.75) is 13.5 Å². The molecule has 1 heterocycles. The summed E-state index contributed by atoms with van der Waals surface area (Å²) < 4.78 is 10.1. The molecule has 1 aromatic heterocycles. The SMILES string of the molecule is Cc1nc(COc2cccc(Cl)c2C(=O)O)no1. The van der Waals surface area contributed by atoms with Crippen molar-refractivity contribution in [1.29, 1.82) is 0 Å². The van der Waals surface area contributed by atoms with Crippen LogP contribution in [0.25, 0.3) is 0 Å². The lowest BCUT2D eigenvalue weighted by atomic mass is 10.2. The molecular formula is C11H9ClN2O4. The number of carbonyl (C=O) groups is 1. The molecule has 18 heavy (non-hydrogen) atoms. The molecule has 0 aliphatic heterocycles. The summed E-state index contributed by atoms with van der Waals surface area (Å²) >= 11 is 5.80. The van der Waals surface area contributed by atoms with E-state index in [1.807, 2.05) is 0 Å². The fraction of sp³-hybridized carbons (Fsp3) is 0.182. The van der Waals surface area contributed by atoms with Crippen LogP contribution in [0, 0.1) is 6.92 Å². The lowest BCUT2D eigenvalue weighted by Crippen LogP contribution is -2.05. The number of rotatable bonds is 4. The maximum atomic E-state index is 11.0. The minimum Gasteiger partial charge on any atom is -0.485 e. The van der Waals surface area contributed by atoms with Gasteiger partial charge in [-0.2, -0.15) is 4.98 Å². The number of halogens is 1. The van der Waals surface area contributed by atoms with E-state index in [1.54, 1.807) is 13.0 Å². The molecule has 0 saturated carbocycles. The minimum atomic E-state index is -1.15. The van der Waals surface area contributed by atoms with E-state index >= 15 is 0 Å². The van der Waals surface area contributed by atoms with Crippen molar-refractivity contribution in [3.8, 4) is 5.75 Å². The third-order valence-corrected chi connectivity index (χ3v) is 2.43. The van der Waals surface area contributed by atoms with Gasteiger partial charge in [-0.05, 0) is 12.1 Å². The zero-order valence-corrected chi connectivity index (χ0v) is 10.1. The Morgan fingerprint density at radius 1 is 1.56 bits per heavy atom. The van der Waals surface area contributed by atoms with E-state index in [-0.39, 0.29) is 22.9 Å². The summed E-state index contributed by atoms with van der Waals surface area (Å²) in [5, 5.41) is 12.8. The Bertz CT molecular complexity index is 582. The molecule has 1 aromatic carbocycles. The largest absolute Gasteiger partial charge is 0.485 e. The molecule has 0 saturated heterocycles. The molecule has 1 N–H and O–H groups in total. The summed E-state index contributed by atoms with van der Waals surface area (Å²) in [5.74, 6) is -0.237. The molecule has 94 valence electrons. The molecule has 0 aliphatic carbocycles. The molecule has 7 heteroatoms. The summed E-state index contributed by atoms with van der Waals surface area (Å²) in [6, 6.07) is 4.60. The third-order valence-electron chi connectivity index (χ3n) is 2.12. The van der Waals surface area contributed by atoms with Crippen molar-refractivity contribution in [3.63, 3.8) is 0 Å². The number of hydrogen-bond donors (Lipinski definition) is 1. The van der Waals surface area contributed by atoms with Crippen molar-refractivity contribution >= 4 is 17.6 Å². The minimum absolute atomic E-state index is 0.0119. The van der Waals surface area contributed by atoms with Crippen LogP contribution in [0.5, 0.6) is 5.75 Å². The fourth-order valence-corrected chi connectivity index (χ4v) is 1.62. The van der Waals surface area contributed by atoms with Gasteiger partial charge in [0.2, 0.25) is 11.7 Å². The van der Waals surface area contributed by atoms with Crippen LogP contribution in [0.4, 0.5) is 0 Å². The average molecular weight is 269 g/mol. The van der Waals surface area contributed by atoms with E-state index in [0.29, 0.717) is 11.7 Å². The second-order valence-corrected chi connectivity index (χ2v) is 3.84. The van der Waals surface area contributed by atoms with Crippen LogP contribution in [0.1, 0.15) is 22.1 Å². The second-order valence-electron chi connectivity index (χ2n) is 3.44. The quantitative estimate of drug-likeness (QED) is 0.916. The Morgan fingerprint density at radius 2 is 2.33 bits per heavy atom.